The number of nitrogens with zero attached hydrogens (tertiary/aromatic N) is 2. The quantitative estimate of drug-likeness (QED) is 0.650. The van der Waals surface area contributed by atoms with Crippen LogP contribution in [0.15, 0.2) is 17.4 Å². The molecule has 3 amide bonds. The van der Waals surface area contributed by atoms with Gasteiger partial charge in [0, 0.05) is 12.2 Å². The zero-order chi connectivity index (χ0) is 15.5. The summed E-state index contributed by atoms with van der Waals surface area (Å²) in [5.74, 6) is -0.876. The van der Waals surface area contributed by atoms with Crippen molar-refractivity contribution in [2.24, 2.45) is 0 Å². The molecule has 1 fully saturated rings. The second-order valence-electron chi connectivity index (χ2n) is 4.31. The Bertz CT molecular complexity index is 549. The summed E-state index contributed by atoms with van der Waals surface area (Å²) < 4.78 is 37.3. The fraction of sp³-hybridized carbons (Fsp3) is 0.455. The molecule has 1 aliphatic carbocycles. The van der Waals surface area contributed by atoms with Gasteiger partial charge in [0.05, 0.1) is 5.75 Å². The van der Waals surface area contributed by atoms with Crippen LogP contribution < -0.4 is 10.6 Å². The van der Waals surface area contributed by atoms with Crippen LogP contribution in [0.1, 0.15) is 18.5 Å². The van der Waals surface area contributed by atoms with Crippen molar-refractivity contribution in [1.82, 2.24) is 20.6 Å². The zero-order valence-electron chi connectivity index (χ0n) is 10.6. The molecule has 1 aromatic heterocycles. The number of hydrogen-bond donors (Lipinski definition) is 2. The van der Waals surface area contributed by atoms with Crippen molar-refractivity contribution in [3.05, 3.63) is 18.0 Å². The molecule has 2 N–H and O–H groups in total. The van der Waals surface area contributed by atoms with E-state index in [4.69, 9.17) is 0 Å². The van der Waals surface area contributed by atoms with E-state index in [2.05, 4.69) is 20.6 Å². The molecule has 0 atom stereocenters. The van der Waals surface area contributed by atoms with Gasteiger partial charge in [-0.1, -0.05) is 11.8 Å². The Kier molecular flexibility index (Phi) is 4.66. The predicted octanol–water partition coefficient (Wildman–Crippen LogP) is 1.58. The average Bonchev–Trinajstić information content (AvgIpc) is 3.19. The maximum atomic E-state index is 12.4. The van der Waals surface area contributed by atoms with Crippen LogP contribution in [0.4, 0.5) is 18.0 Å². The normalized spacial score (nSPS) is 14.6. The van der Waals surface area contributed by atoms with Crippen LogP contribution in [0.5, 0.6) is 0 Å². The van der Waals surface area contributed by atoms with Crippen LogP contribution in [0.2, 0.25) is 0 Å². The highest BCUT2D eigenvalue weighted by Gasteiger charge is 2.32. The number of carbonyl (C=O) groups excluding carboxylic acids is 2. The molecule has 0 bridgehead atoms. The van der Waals surface area contributed by atoms with Gasteiger partial charge in [-0.05, 0) is 18.9 Å². The molecule has 0 saturated heterocycles. The van der Waals surface area contributed by atoms with Gasteiger partial charge < -0.3 is 5.32 Å². The SMILES string of the molecule is O=C(CSc1nccc(C(F)(F)F)n1)NC(=O)NC1CC1. The van der Waals surface area contributed by atoms with Crippen molar-refractivity contribution in [3.63, 3.8) is 0 Å². The lowest BCUT2D eigenvalue weighted by Gasteiger charge is -2.07. The standard InChI is InChI=1S/C11H11F3N4O2S/c12-11(13,14)7-3-4-15-10(17-7)21-5-8(19)18-9(20)16-6-1-2-6/h3-4,6H,1-2,5H2,(H2,16,18,19,20). The summed E-state index contributed by atoms with van der Waals surface area (Å²) >= 11 is 0.721. The lowest BCUT2D eigenvalue weighted by molar-refractivity contribution is -0.141. The number of imide groups is 1. The van der Waals surface area contributed by atoms with E-state index in [9.17, 15) is 22.8 Å². The van der Waals surface area contributed by atoms with Gasteiger partial charge in [-0.25, -0.2) is 14.8 Å². The third kappa shape index (κ3) is 5.21. The number of rotatable bonds is 4. The molecule has 6 nitrogen and oxygen atoms in total. The number of carbonyl (C=O) groups is 2. The summed E-state index contributed by atoms with van der Waals surface area (Å²) in [4.78, 5) is 29.6. The fourth-order valence-electron chi connectivity index (χ4n) is 1.31. The second kappa shape index (κ2) is 6.29. The molecule has 0 spiro atoms. The van der Waals surface area contributed by atoms with Crippen molar-refractivity contribution in [3.8, 4) is 0 Å². The molecular weight excluding hydrogens is 309 g/mol. The number of amides is 3. The van der Waals surface area contributed by atoms with E-state index in [0.717, 1.165) is 36.9 Å². The first-order valence-corrected chi connectivity index (χ1v) is 6.96. The molecule has 114 valence electrons. The highest BCUT2D eigenvalue weighted by atomic mass is 32.2. The van der Waals surface area contributed by atoms with Crippen LogP contribution in [-0.2, 0) is 11.0 Å². The molecule has 0 aromatic carbocycles. The lowest BCUT2D eigenvalue weighted by Crippen LogP contribution is -2.41. The van der Waals surface area contributed by atoms with Crippen LogP contribution >= 0.6 is 11.8 Å². The first-order valence-electron chi connectivity index (χ1n) is 5.98. The minimum atomic E-state index is -4.56. The molecule has 21 heavy (non-hydrogen) atoms. The van der Waals surface area contributed by atoms with Crippen molar-refractivity contribution in [1.29, 1.82) is 0 Å². The minimum Gasteiger partial charge on any atom is -0.335 e. The molecule has 1 heterocycles. The Morgan fingerprint density at radius 2 is 2.10 bits per heavy atom. The summed E-state index contributed by atoms with van der Waals surface area (Å²) in [7, 11) is 0. The van der Waals surface area contributed by atoms with Gasteiger partial charge in [-0.3, -0.25) is 10.1 Å². The van der Waals surface area contributed by atoms with Gasteiger partial charge in [0.1, 0.15) is 5.69 Å². The molecule has 0 radical (unpaired) electrons. The average molecular weight is 320 g/mol. The maximum Gasteiger partial charge on any atom is 0.433 e. The molecule has 1 aliphatic rings. The lowest BCUT2D eigenvalue weighted by atomic mass is 10.4. The van der Waals surface area contributed by atoms with Crippen molar-refractivity contribution in [2.75, 3.05) is 5.75 Å². The largest absolute Gasteiger partial charge is 0.433 e. The molecule has 10 heteroatoms. The van der Waals surface area contributed by atoms with Crippen molar-refractivity contribution in [2.45, 2.75) is 30.2 Å². The van der Waals surface area contributed by atoms with Crippen molar-refractivity contribution < 1.29 is 22.8 Å². The zero-order valence-corrected chi connectivity index (χ0v) is 11.4. The van der Waals surface area contributed by atoms with E-state index in [-0.39, 0.29) is 17.0 Å². The van der Waals surface area contributed by atoms with E-state index in [1.165, 1.54) is 0 Å². The number of urea groups is 1. The van der Waals surface area contributed by atoms with Crippen LogP contribution in [0.3, 0.4) is 0 Å². The Morgan fingerprint density at radius 3 is 2.71 bits per heavy atom. The number of thioether (sulfide) groups is 1. The molecule has 1 aromatic rings. The Labute approximate surface area is 121 Å². The van der Waals surface area contributed by atoms with Gasteiger partial charge in [-0.2, -0.15) is 13.2 Å². The van der Waals surface area contributed by atoms with E-state index in [1.807, 2.05) is 0 Å². The molecular formula is C11H11F3N4O2S. The second-order valence-corrected chi connectivity index (χ2v) is 5.25. The summed E-state index contributed by atoms with van der Waals surface area (Å²) in [5.41, 5.74) is -1.08. The first kappa shape index (κ1) is 15.5. The number of hydrogen-bond acceptors (Lipinski definition) is 5. The number of nitrogens with one attached hydrogen (secondary N) is 2. The Morgan fingerprint density at radius 1 is 1.38 bits per heavy atom. The highest BCUT2D eigenvalue weighted by molar-refractivity contribution is 7.99. The topological polar surface area (TPSA) is 84.0 Å². The van der Waals surface area contributed by atoms with Gasteiger partial charge in [0.2, 0.25) is 5.91 Å². The smallest absolute Gasteiger partial charge is 0.335 e. The number of aromatic nitrogens is 2. The van der Waals surface area contributed by atoms with Crippen LogP contribution in [-0.4, -0.2) is 33.7 Å². The van der Waals surface area contributed by atoms with E-state index in [1.54, 1.807) is 0 Å². The summed E-state index contributed by atoms with van der Waals surface area (Å²) in [5, 5.41) is 4.45. The summed E-state index contributed by atoms with van der Waals surface area (Å²) in [6.07, 6.45) is -1.83. The monoisotopic (exact) mass is 320 g/mol. The number of alkyl halides is 3. The number of halogens is 3. The van der Waals surface area contributed by atoms with Crippen LogP contribution in [0.25, 0.3) is 0 Å². The van der Waals surface area contributed by atoms with Gasteiger partial charge >= 0.3 is 12.2 Å². The van der Waals surface area contributed by atoms with Crippen LogP contribution in [0, 0.1) is 0 Å². The summed E-state index contributed by atoms with van der Waals surface area (Å²) in [6.45, 7) is 0. The maximum absolute atomic E-state index is 12.4. The Hall–Kier alpha value is -1.84. The molecule has 0 aliphatic heterocycles. The van der Waals surface area contributed by atoms with E-state index in [0.29, 0.717) is 0 Å². The minimum absolute atomic E-state index is 0.109. The molecule has 1 saturated carbocycles. The van der Waals surface area contributed by atoms with Crippen molar-refractivity contribution >= 4 is 23.7 Å². The fourth-order valence-corrected chi connectivity index (χ4v) is 1.94. The van der Waals surface area contributed by atoms with Gasteiger partial charge in [-0.15, -0.1) is 0 Å². The molecule has 0 unspecified atom stereocenters. The highest BCUT2D eigenvalue weighted by Crippen LogP contribution is 2.28. The van der Waals surface area contributed by atoms with E-state index < -0.39 is 23.8 Å². The first-order chi connectivity index (χ1) is 9.84. The van der Waals surface area contributed by atoms with E-state index >= 15 is 0 Å². The summed E-state index contributed by atoms with van der Waals surface area (Å²) in [6, 6.07) is 0.248. The third-order valence-corrected chi connectivity index (χ3v) is 3.28. The van der Waals surface area contributed by atoms with Gasteiger partial charge in [0.25, 0.3) is 0 Å². The Balaban J connectivity index is 1.81. The molecule has 2 rings (SSSR count). The third-order valence-electron chi connectivity index (χ3n) is 2.42. The van der Waals surface area contributed by atoms with Gasteiger partial charge in [0.15, 0.2) is 5.16 Å². The predicted molar refractivity (Wildman–Crippen MR) is 67.5 cm³/mol.